The van der Waals surface area contributed by atoms with Gasteiger partial charge in [0.05, 0.1) is 0 Å². The number of nitrogens with one attached hydrogen (secondary N) is 3. The number of rotatable bonds is 5. The van der Waals surface area contributed by atoms with Gasteiger partial charge in [-0.1, -0.05) is 6.07 Å². The Bertz CT molecular complexity index is 868. The quantitative estimate of drug-likeness (QED) is 0.533. The van der Waals surface area contributed by atoms with E-state index in [0.29, 0.717) is 29.3 Å². The molecule has 0 aliphatic heterocycles. The van der Waals surface area contributed by atoms with Crippen molar-refractivity contribution in [1.82, 2.24) is 25.1 Å². The van der Waals surface area contributed by atoms with Crippen molar-refractivity contribution in [2.45, 2.75) is 25.7 Å². The summed E-state index contributed by atoms with van der Waals surface area (Å²) in [4.78, 5) is 13.5. The van der Waals surface area contributed by atoms with Gasteiger partial charge in [0.2, 0.25) is 11.9 Å². The molecule has 1 aliphatic carbocycles. The van der Waals surface area contributed by atoms with Crippen molar-refractivity contribution in [3.63, 3.8) is 0 Å². The van der Waals surface area contributed by atoms with Crippen LogP contribution in [0, 0.1) is 6.92 Å². The topological polar surface area (TPSA) is 117 Å². The molecule has 1 aromatic carbocycles. The van der Waals surface area contributed by atoms with Crippen LogP contribution in [-0.4, -0.2) is 25.1 Å². The Labute approximate surface area is 138 Å². The number of aromatic nitrogens is 5. The summed E-state index contributed by atoms with van der Waals surface area (Å²) in [6.07, 6.45) is 2.23. The van der Waals surface area contributed by atoms with Crippen LogP contribution in [0.5, 0.6) is 0 Å². The molecule has 0 radical (unpaired) electrons. The Kier molecular flexibility index (Phi) is 3.49. The number of aryl methyl sites for hydroxylation is 1. The molecular weight excluding hydrogens is 304 g/mol. The molecule has 4 rings (SSSR count). The van der Waals surface area contributed by atoms with Gasteiger partial charge >= 0.3 is 0 Å². The van der Waals surface area contributed by atoms with Crippen LogP contribution in [0.2, 0.25) is 0 Å². The molecule has 3 aromatic rings. The standard InChI is InChI=1S/C16H18N8/c1-9-7-13(24-23-9)19-16-21-14(10-5-6-10)20-15(22-16)18-12-4-2-3-11(17)8-12/h2-4,7-8,10H,5-6,17H2,1H3,(H3,18,19,20,21,22,23,24). The SMILES string of the molecule is Cc1cc(Nc2nc(Nc3cccc(N)c3)nc(C3CC3)n2)n[nH]1. The zero-order chi connectivity index (χ0) is 16.5. The third-order valence-corrected chi connectivity index (χ3v) is 3.68. The van der Waals surface area contributed by atoms with Crippen molar-refractivity contribution in [2.24, 2.45) is 0 Å². The van der Waals surface area contributed by atoms with Crippen LogP contribution in [0.4, 0.5) is 29.1 Å². The number of hydrogen-bond donors (Lipinski definition) is 4. The van der Waals surface area contributed by atoms with E-state index < -0.39 is 0 Å². The van der Waals surface area contributed by atoms with E-state index in [2.05, 4.69) is 35.8 Å². The lowest BCUT2D eigenvalue weighted by Gasteiger charge is -2.09. The van der Waals surface area contributed by atoms with Crippen LogP contribution in [-0.2, 0) is 0 Å². The van der Waals surface area contributed by atoms with Gasteiger partial charge in [-0.05, 0) is 38.0 Å². The molecule has 5 N–H and O–H groups in total. The van der Waals surface area contributed by atoms with E-state index >= 15 is 0 Å². The average molecular weight is 322 g/mol. The van der Waals surface area contributed by atoms with Crippen molar-refractivity contribution in [2.75, 3.05) is 16.4 Å². The summed E-state index contributed by atoms with van der Waals surface area (Å²) in [7, 11) is 0. The highest BCUT2D eigenvalue weighted by Crippen LogP contribution is 2.38. The second-order valence-corrected chi connectivity index (χ2v) is 5.93. The van der Waals surface area contributed by atoms with Crippen LogP contribution in [0.3, 0.4) is 0 Å². The third kappa shape index (κ3) is 3.27. The lowest BCUT2D eigenvalue weighted by Crippen LogP contribution is -2.07. The largest absolute Gasteiger partial charge is 0.399 e. The van der Waals surface area contributed by atoms with Crippen LogP contribution < -0.4 is 16.4 Å². The van der Waals surface area contributed by atoms with Gasteiger partial charge in [0.25, 0.3) is 0 Å². The van der Waals surface area contributed by atoms with Crippen LogP contribution >= 0.6 is 0 Å². The summed E-state index contributed by atoms with van der Waals surface area (Å²) >= 11 is 0. The molecule has 0 spiro atoms. The van der Waals surface area contributed by atoms with Crippen molar-refractivity contribution in [1.29, 1.82) is 0 Å². The smallest absolute Gasteiger partial charge is 0.233 e. The zero-order valence-electron chi connectivity index (χ0n) is 13.2. The third-order valence-electron chi connectivity index (χ3n) is 3.68. The molecule has 2 heterocycles. The van der Waals surface area contributed by atoms with Gasteiger partial charge < -0.3 is 16.4 Å². The highest BCUT2D eigenvalue weighted by molar-refractivity contribution is 5.60. The van der Waals surface area contributed by atoms with Gasteiger partial charge in [0.15, 0.2) is 5.82 Å². The van der Waals surface area contributed by atoms with E-state index in [9.17, 15) is 0 Å². The number of H-pyrrole nitrogens is 1. The minimum absolute atomic E-state index is 0.413. The molecule has 24 heavy (non-hydrogen) atoms. The molecule has 0 saturated heterocycles. The van der Waals surface area contributed by atoms with E-state index in [0.717, 1.165) is 30.0 Å². The van der Waals surface area contributed by atoms with Gasteiger partial charge in [0.1, 0.15) is 5.82 Å². The number of aromatic amines is 1. The highest BCUT2D eigenvalue weighted by atomic mass is 15.3. The monoisotopic (exact) mass is 322 g/mol. The van der Waals surface area contributed by atoms with Crippen LogP contribution in [0.1, 0.15) is 30.3 Å². The van der Waals surface area contributed by atoms with Gasteiger partial charge in [-0.2, -0.15) is 20.1 Å². The number of benzene rings is 1. The fourth-order valence-electron chi connectivity index (χ4n) is 2.37. The summed E-state index contributed by atoms with van der Waals surface area (Å²) in [5.74, 6) is 2.86. The average Bonchev–Trinajstić information content (AvgIpc) is 3.31. The minimum atomic E-state index is 0.413. The first-order valence-electron chi connectivity index (χ1n) is 7.83. The van der Waals surface area contributed by atoms with Gasteiger partial charge in [-0.3, -0.25) is 5.10 Å². The van der Waals surface area contributed by atoms with Crippen LogP contribution in [0.25, 0.3) is 0 Å². The first-order chi connectivity index (χ1) is 11.7. The maximum atomic E-state index is 5.82. The molecule has 122 valence electrons. The van der Waals surface area contributed by atoms with E-state index in [1.54, 1.807) is 0 Å². The second kappa shape index (κ2) is 5.80. The molecule has 0 bridgehead atoms. The number of nitrogen functional groups attached to an aromatic ring is 1. The molecule has 0 atom stereocenters. The molecule has 8 nitrogen and oxygen atoms in total. The van der Waals surface area contributed by atoms with Crippen molar-refractivity contribution < 1.29 is 0 Å². The van der Waals surface area contributed by atoms with Gasteiger partial charge in [-0.25, -0.2) is 0 Å². The lowest BCUT2D eigenvalue weighted by molar-refractivity contribution is 0.897. The second-order valence-electron chi connectivity index (χ2n) is 5.93. The van der Waals surface area contributed by atoms with E-state index in [1.807, 2.05) is 37.3 Å². The molecule has 1 fully saturated rings. The van der Waals surface area contributed by atoms with Gasteiger partial charge in [-0.15, -0.1) is 0 Å². The van der Waals surface area contributed by atoms with E-state index in [1.165, 1.54) is 0 Å². The van der Waals surface area contributed by atoms with E-state index in [4.69, 9.17) is 5.73 Å². The first kappa shape index (κ1) is 14.4. The molecule has 1 saturated carbocycles. The normalized spacial score (nSPS) is 13.7. The van der Waals surface area contributed by atoms with Crippen LogP contribution in [0.15, 0.2) is 30.3 Å². The van der Waals surface area contributed by atoms with Crippen molar-refractivity contribution in [3.05, 3.63) is 41.9 Å². The highest BCUT2D eigenvalue weighted by Gasteiger charge is 2.28. The molecular formula is C16H18N8. The Balaban J connectivity index is 1.63. The predicted octanol–water partition coefficient (Wildman–Crippen LogP) is 2.85. The fourth-order valence-corrected chi connectivity index (χ4v) is 2.37. The maximum Gasteiger partial charge on any atom is 0.233 e. The number of nitrogens with zero attached hydrogens (tertiary/aromatic N) is 4. The fraction of sp³-hybridized carbons (Fsp3) is 0.250. The Morgan fingerprint density at radius 1 is 1.08 bits per heavy atom. The Hall–Kier alpha value is -3.16. The first-order valence-corrected chi connectivity index (χ1v) is 7.83. The summed E-state index contributed by atoms with van der Waals surface area (Å²) in [5, 5.41) is 13.3. The summed E-state index contributed by atoms with van der Waals surface area (Å²) < 4.78 is 0. The molecule has 0 unspecified atom stereocenters. The predicted molar refractivity (Wildman–Crippen MR) is 92.5 cm³/mol. The Morgan fingerprint density at radius 3 is 2.54 bits per heavy atom. The molecule has 0 amide bonds. The zero-order valence-corrected chi connectivity index (χ0v) is 13.2. The molecule has 1 aliphatic rings. The number of anilines is 5. The van der Waals surface area contributed by atoms with Crippen molar-refractivity contribution >= 4 is 29.1 Å². The Morgan fingerprint density at radius 2 is 1.88 bits per heavy atom. The van der Waals surface area contributed by atoms with E-state index in [-0.39, 0.29) is 0 Å². The minimum Gasteiger partial charge on any atom is -0.399 e. The maximum absolute atomic E-state index is 5.82. The molecule has 8 heteroatoms. The summed E-state index contributed by atoms with van der Waals surface area (Å²) in [5.41, 5.74) is 8.30. The lowest BCUT2D eigenvalue weighted by atomic mass is 10.3. The van der Waals surface area contributed by atoms with Crippen molar-refractivity contribution in [3.8, 4) is 0 Å². The number of nitrogens with two attached hydrogens (primary N) is 1. The summed E-state index contributed by atoms with van der Waals surface area (Å²) in [6, 6.07) is 9.37. The molecule has 2 aromatic heterocycles. The summed E-state index contributed by atoms with van der Waals surface area (Å²) in [6.45, 7) is 1.94. The van der Waals surface area contributed by atoms with Gasteiger partial charge in [0, 0.05) is 29.1 Å². The number of hydrogen-bond acceptors (Lipinski definition) is 7.